The summed E-state index contributed by atoms with van der Waals surface area (Å²) < 4.78 is 0. The van der Waals surface area contributed by atoms with Gasteiger partial charge in [-0.25, -0.2) is 0 Å². The van der Waals surface area contributed by atoms with E-state index in [1.54, 1.807) is 5.56 Å². The van der Waals surface area contributed by atoms with Crippen LogP contribution in [0.25, 0.3) is 0 Å². The summed E-state index contributed by atoms with van der Waals surface area (Å²) in [6.45, 7) is 7.05. The second-order valence-electron chi connectivity index (χ2n) is 5.09. The van der Waals surface area contributed by atoms with Crippen LogP contribution in [0.3, 0.4) is 0 Å². The molecule has 0 aromatic heterocycles. The van der Waals surface area contributed by atoms with Crippen LogP contribution in [0.1, 0.15) is 18.4 Å². The van der Waals surface area contributed by atoms with Crippen LogP contribution < -0.4 is 5.32 Å². The number of nitrogens with one attached hydrogen (secondary N) is 1. The fourth-order valence-corrected chi connectivity index (χ4v) is 4.06. The van der Waals surface area contributed by atoms with Crippen molar-refractivity contribution in [1.29, 1.82) is 0 Å². The average molecular weight is 248 g/mol. The standard InChI is InChI=1S/C14H20N2S/c1-11-8-15-6-7-16(11)9-12-10-17-14-5-3-2-4-13(12)14/h2-5,11-12,15H,6-10H2,1H3/t11-,12?/m1/s1. The SMILES string of the molecule is C[C@@H]1CNCCN1CC1CSc2ccccc21. The van der Waals surface area contributed by atoms with E-state index in [1.165, 1.54) is 23.7 Å². The average Bonchev–Trinajstić information content (AvgIpc) is 2.76. The van der Waals surface area contributed by atoms with E-state index in [9.17, 15) is 0 Å². The van der Waals surface area contributed by atoms with Crippen molar-refractivity contribution in [3.63, 3.8) is 0 Å². The molecule has 3 heteroatoms. The molecule has 0 aliphatic carbocycles. The summed E-state index contributed by atoms with van der Waals surface area (Å²) in [4.78, 5) is 4.14. The minimum atomic E-state index is 0.682. The van der Waals surface area contributed by atoms with Gasteiger partial charge in [0, 0.05) is 48.8 Å². The van der Waals surface area contributed by atoms with E-state index in [-0.39, 0.29) is 0 Å². The predicted octanol–water partition coefficient (Wildman–Crippen LogP) is 2.17. The third-order valence-electron chi connectivity index (χ3n) is 3.89. The van der Waals surface area contributed by atoms with E-state index >= 15 is 0 Å². The van der Waals surface area contributed by atoms with Crippen LogP contribution in [0, 0.1) is 0 Å². The Balaban J connectivity index is 1.70. The summed E-state index contributed by atoms with van der Waals surface area (Å²) >= 11 is 2.02. The van der Waals surface area contributed by atoms with Crippen molar-refractivity contribution in [2.45, 2.75) is 23.8 Å². The molecule has 2 heterocycles. The maximum atomic E-state index is 3.46. The van der Waals surface area contributed by atoms with Gasteiger partial charge in [-0.1, -0.05) is 18.2 Å². The second-order valence-corrected chi connectivity index (χ2v) is 6.16. The highest BCUT2D eigenvalue weighted by atomic mass is 32.2. The number of rotatable bonds is 2. The Kier molecular flexibility index (Phi) is 3.41. The van der Waals surface area contributed by atoms with Crippen molar-refractivity contribution in [3.05, 3.63) is 29.8 Å². The van der Waals surface area contributed by atoms with Gasteiger partial charge in [-0.2, -0.15) is 0 Å². The Morgan fingerprint density at radius 3 is 3.18 bits per heavy atom. The molecule has 1 aromatic carbocycles. The lowest BCUT2D eigenvalue weighted by Gasteiger charge is -2.35. The third kappa shape index (κ3) is 2.37. The number of fused-ring (bicyclic) bond motifs is 1. The molecule has 0 radical (unpaired) electrons. The van der Waals surface area contributed by atoms with Crippen molar-refractivity contribution in [1.82, 2.24) is 10.2 Å². The van der Waals surface area contributed by atoms with Gasteiger partial charge in [0.25, 0.3) is 0 Å². The molecule has 2 aliphatic rings. The van der Waals surface area contributed by atoms with Crippen molar-refractivity contribution < 1.29 is 0 Å². The van der Waals surface area contributed by atoms with Crippen LogP contribution >= 0.6 is 11.8 Å². The summed E-state index contributed by atoms with van der Waals surface area (Å²) in [5.74, 6) is 1.99. The molecule has 3 rings (SSSR count). The van der Waals surface area contributed by atoms with Crippen molar-refractivity contribution in [3.8, 4) is 0 Å². The van der Waals surface area contributed by atoms with Gasteiger partial charge in [-0.15, -0.1) is 11.8 Å². The number of benzene rings is 1. The van der Waals surface area contributed by atoms with Gasteiger partial charge >= 0.3 is 0 Å². The lowest BCUT2D eigenvalue weighted by Crippen LogP contribution is -2.50. The molecule has 1 N–H and O–H groups in total. The van der Waals surface area contributed by atoms with E-state index in [0.717, 1.165) is 19.0 Å². The van der Waals surface area contributed by atoms with Crippen LogP contribution in [-0.4, -0.2) is 42.9 Å². The smallest absolute Gasteiger partial charge is 0.0193 e. The van der Waals surface area contributed by atoms with Gasteiger partial charge in [-0.3, -0.25) is 4.90 Å². The zero-order valence-corrected chi connectivity index (χ0v) is 11.2. The van der Waals surface area contributed by atoms with Crippen molar-refractivity contribution in [2.24, 2.45) is 0 Å². The molecule has 2 aliphatic heterocycles. The van der Waals surface area contributed by atoms with E-state index in [4.69, 9.17) is 0 Å². The zero-order chi connectivity index (χ0) is 11.7. The first-order valence-corrected chi connectivity index (χ1v) is 7.49. The van der Waals surface area contributed by atoms with Crippen LogP contribution in [0.5, 0.6) is 0 Å². The van der Waals surface area contributed by atoms with Gasteiger partial charge in [0.2, 0.25) is 0 Å². The molecule has 2 nitrogen and oxygen atoms in total. The minimum absolute atomic E-state index is 0.682. The molecule has 0 amide bonds. The molecule has 0 spiro atoms. The maximum absolute atomic E-state index is 3.46. The Morgan fingerprint density at radius 2 is 2.29 bits per heavy atom. The van der Waals surface area contributed by atoms with E-state index < -0.39 is 0 Å². The number of thioether (sulfide) groups is 1. The fourth-order valence-electron chi connectivity index (χ4n) is 2.82. The van der Waals surface area contributed by atoms with E-state index in [1.807, 2.05) is 11.8 Å². The summed E-state index contributed by atoms with van der Waals surface area (Å²) in [7, 11) is 0. The Morgan fingerprint density at radius 1 is 1.41 bits per heavy atom. The monoisotopic (exact) mass is 248 g/mol. The first-order valence-electron chi connectivity index (χ1n) is 6.51. The Bertz CT molecular complexity index is 394. The van der Waals surface area contributed by atoms with Gasteiger partial charge in [-0.05, 0) is 18.6 Å². The maximum Gasteiger partial charge on any atom is 0.0193 e. The summed E-state index contributed by atoms with van der Waals surface area (Å²) in [5, 5.41) is 3.46. The van der Waals surface area contributed by atoms with Crippen molar-refractivity contribution >= 4 is 11.8 Å². The van der Waals surface area contributed by atoms with Crippen LogP contribution in [0.4, 0.5) is 0 Å². The number of nitrogens with zero attached hydrogens (tertiary/aromatic N) is 1. The lowest BCUT2D eigenvalue weighted by molar-refractivity contribution is 0.167. The number of piperazine rings is 1. The topological polar surface area (TPSA) is 15.3 Å². The van der Waals surface area contributed by atoms with E-state index in [0.29, 0.717) is 6.04 Å². The molecular weight excluding hydrogens is 228 g/mol. The molecule has 1 aromatic rings. The highest BCUT2D eigenvalue weighted by Gasteiger charge is 2.27. The predicted molar refractivity (Wildman–Crippen MR) is 73.8 cm³/mol. The number of hydrogen-bond donors (Lipinski definition) is 1. The molecule has 0 bridgehead atoms. The van der Waals surface area contributed by atoms with Gasteiger partial charge in [0.15, 0.2) is 0 Å². The summed E-state index contributed by atoms with van der Waals surface area (Å²) in [6, 6.07) is 9.59. The first-order chi connectivity index (χ1) is 8.34. The van der Waals surface area contributed by atoms with Crippen LogP contribution in [-0.2, 0) is 0 Å². The molecule has 1 fully saturated rings. The highest BCUT2D eigenvalue weighted by Crippen LogP contribution is 2.39. The fraction of sp³-hybridized carbons (Fsp3) is 0.571. The summed E-state index contributed by atoms with van der Waals surface area (Å²) in [5.41, 5.74) is 1.57. The first kappa shape index (κ1) is 11.6. The largest absolute Gasteiger partial charge is 0.314 e. The number of hydrogen-bond acceptors (Lipinski definition) is 3. The van der Waals surface area contributed by atoms with E-state index in [2.05, 4.69) is 41.4 Å². The molecular formula is C14H20N2S. The molecule has 2 atom stereocenters. The van der Waals surface area contributed by atoms with Crippen LogP contribution in [0.2, 0.25) is 0 Å². The molecule has 0 saturated carbocycles. The van der Waals surface area contributed by atoms with Gasteiger partial charge < -0.3 is 5.32 Å². The molecule has 1 unspecified atom stereocenters. The van der Waals surface area contributed by atoms with Gasteiger partial charge in [0.1, 0.15) is 0 Å². The quantitative estimate of drug-likeness (QED) is 0.863. The normalized spacial score (nSPS) is 29.2. The van der Waals surface area contributed by atoms with Gasteiger partial charge in [0.05, 0.1) is 0 Å². The minimum Gasteiger partial charge on any atom is -0.314 e. The second kappa shape index (κ2) is 5.01. The summed E-state index contributed by atoms with van der Waals surface area (Å²) in [6.07, 6.45) is 0. The molecule has 92 valence electrons. The molecule has 17 heavy (non-hydrogen) atoms. The Hall–Kier alpha value is -0.510. The van der Waals surface area contributed by atoms with Crippen molar-refractivity contribution in [2.75, 3.05) is 31.9 Å². The van der Waals surface area contributed by atoms with Crippen LogP contribution in [0.15, 0.2) is 29.2 Å². The lowest BCUT2D eigenvalue weighted by atomic mass is 10.00. The highest BCUT2D eigenvalue weighted by molar-refractivity contribution is 7.99. The third-order valence-corrected chi connectivity index (χ3v) is 5.14. The zero-order valence-electron chi connectivity index (χ0n) is 10.4. The molecule has 1 saturated heterocycles. The Labute approximate surface area is 108 Å².